The van der Waals surface area contributed by atoms with Gasteiger partial charge in [0, 0.05) is 6.92 Å². The van der Waals surface area contributed by atoms with Gasteiger partial charge in [-0.05, 0) is 36.6 Å². The summed E-state index contributed by atoms with van der Waals surface area (Å²) in [5.74, 6) is -0.0399. The average Bonchev–Trinajstić information content (AvgIpc) is 2.55. The number of carbonyl (C=O) groups is 2. The van der Waals surface area contributed by atoms with E-state index < -0.39 is 6.04 Å². The van der Waals surface area contributed by atoms with Gasteiger partial charge in [0.1, 0.15) is 5.75 Å². The van der Waals surface area contributed by atoms with Crippen LogP contribution >= 0.6 is 0 Å². The second-order valence-electron chi connectivity index (χ2n) is 5.84. The highest BCUT2D eigenvalue weighted by atomic mass is 16.5. The molecule has 126 valence electrons. The van der Waals surface area contributed by atoms with Gasteiger partial charge < -0.3 is 10.1 Å². The van der Waals surface area contributed by atoms with E-state index in [4.69, 9.17) is 4.74 Å². The van der Waals surface area contributed by atoms with Crippen molar-refractivity contribution in [1.82, 2.24) is 5.32 Å². The summed E-state index contributed by atoms with van der Waals surface area (Å²) < 4.78 is 5.38. The Morgan fingerprint density at radius 3 is 2.21 bits per heavy atom. The molecule has 2 aromatic rings. The van der Waals surface area contributed by atoms with E-state index in [1.54, 1.807) is 12.1 Å². The highest BCUT2D eigenvalue weighted by molar-refractivity contribution is 5.77. The van der Waals surface area contributed by atoms with E-state index in [1.165, 1.54) is 12.5 Å². The molecule has 2 aromatic carbocycles. The van der Waals surface area contributed by atoms with Crippen LogP contribution in [0.25, 0.3) is 0 Å². The van der Waals surface area contributed by atoms with Crippen LogP contribution in [-0.4, -0.2) is 11.9 Å². The van der Waals surface area contributed by atoms with Crippen LogP contribution in [0, 0.1) is 6.92 Å². The van der Waals surface area contributed by atoms with Gasteiger partial charge >= 0.3 is 5.97 Å². The molecule has 0 saturated heterocycles. The minimum absolute atomic E-state index is 0.0815. The summed E-state index contributed by atoms with van der Waals surface area (Å²) in [6, 6.07) is 14.8. The predicted molar refractivity (Wildman–Crippen MR) is 93.8 cm³/mol. The number of nitrogens with one attached hydrogen (secondary N) is 1. The Hall–Kier alpha value is -2.62. The summed E-state index contributed by atoms with van der Waals surface area (Å²) in [4.78, 5) is 23.7. The van der Waals surface area contributed by atoms with Gasteiger partial charge in [-0.2, -0.15) is 0 Å². The zero-order valence-electron chi connectivity index (χ0n) is 14.3. The molecule has 1 atom stereocenters. The van der Waals surface area contributed by atoms with Crippen molar-refractivity contribution in [3.8, 4) is 5.75 Å². The van der Waals surface area contributed by atoms with Gasteiger partial charge in [0.05, 0.1) is 12.5 Å². The zero-order chi connectivity index (χ0) is 17.5. The first-order chi connectivity index (χ1) is 11.5. The lowest BCUT2D eigenvalue weighted by Crippen LogP contribution is -2.29. The molecule has 0 fully saturated rings. The maximum atomic E-state index is 12.2. The first-order valence-corrected chi connectivity index (χ1v) is 8.11. The highest BCUT2D eigenvalue weighted by Gasteiger charge is 2.18. The summed E-state index contributed by atoms with van der Waals surface area (Å²) in [5.41, 5.74) is 3.19. The normalized spacial score (nSPS) is 11.6. The Balaban J connectivity index is 2.05. The molecule has 24 heavy (non-hydrogen) atoms. The van der Waals surface area contributed by atoms with Crippen molar-refractivity contribution in [2.45, 2.75) is 39.7 Å². The molecule has 0 spiro atoms. The minimum atomic E-state index is -0.398. The van der Waals surface area contributed by atoms with Crippen LogP contribution in [0.4, 0.5) is 0 Å². The lowest BCUT2D eigenvalue weighted by atomic mass is 10.0. The highest BCUT2D eigenvalue weighted by Crippen LogP contribution is 2.20. The molecule has 0 radical (unpaired) electrons. The topological polar surface area (TPSA) is 55.4 Å². The molecule has 0 aliphatic rings. The second kappa shape index (κ2) is 8.29. The molecule has 4 heteroatoms. The lowest BCUT2D eigenvalue weighted by molar-refractivity contribution is -0.135. The van der Waals surface area contributed by atoms with Crippen molar-refractivity contribution in [1.29, 1.82) is 0 Å². The largest absolute Gasteiger partial charge is 0.426 e. The molecular formula is C20H23NO3. The van der Waals surface area contributed by atoms with Crippen molar-refractivity contribution in [2.75, 3.05) is 0 Å². The quantitative estimate of drug-likeness (QED) is 0.650. The molecule has 1 amide bonds. The van der Waals surface area contributed by atoms with E-state index in [1.807, 2.05) is 43.3 Å². The average molecular weight is 325 g/mol. The minimum Gasteiger partial charge on any atom is -0.426 e. The Morgan fingerprint density at radius 1 is 1.04 bits per heavy atom. The monoisotopic (exact) mass is 325 g/mol. The number of amides is 1. The van der Waals surface area contributed by atoms with Crippen molar-refractivity contribution >= 4 is 11.9 Å². The van der Waals surface area contributed by atoms with Crippen LogP contribution in [0.1, 0.15) is 43.0 Å². The van der Waals surface area contributed by atoms with Crippen molar-refractivity contribution < 1.29 is 14.3 Å². The number of hydrogen-bond acceptors (Lipinski definition) is 3. The van der Waals surface area contributed by atoms with Crippen molar-refractivity contribution in [3.05, 3.63) is 65.2 Å². The van der Waals surface area contributed by atoms with Crippen LogP contribution < -0.4 is 10.1 Å². The predicted octanol–water partition coefficient (Wildman–Crippen LogP) is 3.73. The third-order valence-electron chi connectivity index (χ3n) is 3.79. The molecule has 0 aromatic heterocycles. The van der Waals surface area contributed by atoms with Gasteiger partial charge in [-0.1, -0.05) is 48.9 Å². The van der Waals surface area contributed by atoms with E-state index in [2.05, 4.69) is 12.2 Å². The van der Waals surface area contributed by atoms with E-state index in [0.29, 0.717) is 5.75 Å². The number of aryl methyl sites for hydroxylation is 2. The van der Waals surface area contributed by atoms with Crippen LogP contribution in [0.2, 0.25) is 0 Å². The molecule has 0 heterocycles. The molecule has 0 aliphatic carbocycles. The molecule has 4 nitrogen and oxygen atoms in total. The first kappa shape index (κ1) is 17.7. The molecule has 0 saturated carbocycles. The second-order valence-corrected chi connectivity index (χ2v) is 5.84. The Bertz CT molecular complexity index is 690. The van der Waals surface area contributed by atoms with Gasteiger partial charge in [0.2, 0.25) is 5.91 Å². The van der Waals surface area contributed by atoms with Gasteiger partial charge in [0.15, 0.2) is 0 Å². The number of rotatable bonds is 6. The lowest BCUT2D eigenvalue weighted by Gasteiger charge is -2.18. The van der Waals surface area contributed by atoms with Crippen LogP contribution in [0.5, 0.6) is 5.75 Å². The third kappa shape index (κ3) is 5.23. The van der Waals surface area contributed by atoms with Crippen LogP contribution in [0.15, 0.2) is 48.5 Å². The van der Waals surface area contributed by atoms with Crippen LogP contribution in [0.3, 0.4) is 0 Å². The number of esters is 1. The third-order valence-corrected chi connectivity index (χ3v) is 3.79. The fourth-order valence-corrected chi connectivity index (χ4v) is 2.43. The van der Waals surface area contributed by atoms with Gasteiger partial charge in [-0.3, -0.25) is 9.59 Å². The van der Waals surface area contributed by atoms with Gasteiger partial charge in [0.25, 0.3) is 0 Å². The van der Waals surface area contributed by atoms with Gasteiger partial charge in [-0.25, -0.2) is 0 Å². The maximum absolute atomic E-state index is 12.2. The maximum Gasteiger partial charge on any atom is 0.313 e. The fourth-order valence-electron chi connectivity index (χ4n) is 2.43. The summed E-state index contributed by atoms with van der Waals surface area (Å²) in [5, 5.41) is 2.81. The smallest absolute Gasteiger partial charge is 0.313 e. The molecule has 2 rings (SSSR count). The SMILES string of the molecule is CCc1ccc(OC(=O)CC(NC(C)=O)c2ccc(C)cc2)cc1. The molecule has 0 bridgehead atoms. The number of carbonyl (C=O) groups excluding carboxylic acids is 2. The number of benzene rings is 2. The molecule has 1 N–H and O–H groups in total. The van der Waals surface area contributed by atoms with Crippen LogP contribution in [-0.2, 0) is 16.0 Å². The van der Waals surface area contributed by atoms with Gasteiger partial charge in [-0.15, -0.1) is 0 Å². The van der Waals surface area contributed by atoms with E-state index in [9.17, 15) is 9.59 Å². The molecule has 0 aliphatic heterocycles. The zero-order valence-corrected chi connectivity index (χ0v) is 14.3. The standard InChI is InChI=1S/C20H23NO3/c1-4-16-7-11-18(12-8-16)24-20(23)13-19(21-15(3)22)17-9-5-14(2)6-10-17/h5-12,19H,4,13H2,1-3H3,(H,21,22). The van der Waals surface area contributed by atoms with E-state index >= 15 is 0 Å². The Labute approximate surface area is 142 Å². The first-order valence-electron chi connectivity index (χ1n) is 8.11. The summed E-state index contributed by atoms with van der Waals surface area (Å²) >= 11 is 0. The van der Waals surface area contributed by atoms with Crippen molar-refractivity contribution in [2.24, 2.45) is 0 Å². The Morgan fingerprint density at radius 2 is 1.67 bits per heavy atom. The summed E-state index contributed by atoms with van der Waals surface area (Å²) in [6.45, 7) is 5.50. The molecular weight excluding hydrogens is 302 g/mol. The van der Waals surface area contributed by atoms with E-state index in [-0.39, 0.29) is 18.3 Å². The van der Waals surface area contributed by atoms with E-state index in [0.717, 1.165) is 17.5 Å². The fraction of sp³-hybridized carbons (Fsp3) is 0.300. The molecule has 1 unspecified atom stereocenters. The summed E-state index contributed by atoms with van der Waals surface area (Å²) in [7, 11) is 0. The Kier molecular flexibility index (Phi) is 6.13. The number of hydrogen-bond donors (Lipinski definition) is 1. The van der Waals surface area contributed by atoms with Crippen molar-refractivity contribution in [3.63, 3.8) is 0 Å². The summed E-state index contributed by atoms with van der Waals surface area (Å²) in [6.07, 6.45) is 1.02. The number of ether oxygens (including phenoxy) is 1.